The molecule has 0 unspecified atom stereocenters. The fourth-order valence-electron chi connectivity index (χ4n) is 4.51. The molecule has 0 bridgehead atoms. The van der Waals surface area contributed by atoms with Crippen LogP contribution in [0.5, 0.6) is 0 Å². The fraction of sp³-hybridized carbons (Fsp3) is 0.526. The van der Waals surface area contributed by atoms with Crippen molar-refractivity contribution in [1.29, 1.82) is 0 Å². The normalized spacial score (nSPS) is 28.5. The molecule has 164 valence electrons. The Morgan fingerprint density at radius 1 is 1.13 bits per heavy atom. The van der Waals surface area contributed by atoms with Gasteiger partial charge in [0, 0.05) is 31.7 Å². The molecule has 5 atom stereocenters. The molecule has 31 heavy (non-hydrogen) atoms. The van der Waals surface area contributed by atoms with Crippen LogP contribution in [0, 0.1) is 5.92 Å². The summed E-state index contributed by atoms with van der Waals surface area (Å²) in [6.07, 6.45) is 2.42. The molecular formula is C19H23ClN8O3. The number of hydrogen-bond acceptors (Lipinski definition) is 10. The predicted octanol–water partition coefficient (Wildman–Crippen LogP) is 0.236. The van der Waals surface area contributed by atoms with E-state index in [0.717, 1.165) is 25.3 Å². The topological polar surface area (TPSA) is 145 Å². The van der Waals surface area contributed by atoms with Crippen LogP contribution in [-0.2, 0) is 0 Å². The Morgan fingerprint density at radius 2 is 2.00 bits per heavy atom. The number of nitrogens with one attached hydrogen (secondary N) is 1. The number of anilines is 2. The van der Waals surface area contributed by atoms with Crippen molar-refractivity contribution in [2.75, 3.05) is 29.9 Å². The van der Waals surface area contributed by atoms with Crippen LogP contribution in [0.4, 0.5) is 11.6 Å². The van der Waals surface area contributed by atoms with E-state index in [9.17, 15) is 15.3 Å². The standard InChI is InChI=1S/C19H23ClN8O3/c20-13-1-2-14(26-25-13)27-4-3-11(6-27)24-18-15-19(22-8-21-18)28(9-23-15)12-5-10(7-29)16(30)17(12)31/h1-2,8-12,16-17,29-31H,3-7H2,(H,21,22,24)/t10-,11+,12-,16+,17-/m1/s1. The fourth-order valence-corrected chi connectivity index (χ4v) is 4.61. The Balaban J connectivity index is 1.34. The number of imidazole rings is 1. The minimum Gasteiger partial charge on any atom is -0.396 e. The van der Waals surface area contributed by atoms with E-state index in [-0.39, 0.29) is 18.6 Å². The lowest BCUT2D eigenvalue weighted by Crippen LogP contribution is -2.30. The van der Waals surface area contributed by atoms with E-state index >= 15 is 0 Å². The van der Waals surface area contributed by atoms with Crippen molar-refractivity contribution in [1.82, 2.24) is 29.7 Å². The maximum atomic E-state index is 10.5. The molecule has 5 rings (SSSR count). The molecule has 0 spiro atoms. The predicted molar refractivity (Wildman–Crippen MR) is 113 cm³/mol. The van der Waals surface area contributed by atoms with Crippen LogP contribution in [0.1, 0.15) is 18.9 Å². The molecule has 4 heterocycles. The number of aliphatic hydroxyl groups is 3. The molecule has 4 N–H and O–H groups in total. The van der Waals surface area contributed by atoms with Crippen LogP contribution in [0.3, 0.4) is 0 Å². The average Bonchev–Trinajstić information content (AvgIpc) is 3.48. The summed E-state index contributed by atoms with van der Waals surface area (Å²) in [6, 6.07) is 3.30. The van der Waals surface area contributed by atoms with E-state index in [0.29, 0.717) is 28.6 Å². The molecule has 0 radical (unpaired) electrons. The van der Waals surface area contributed by atoms with Crippen molar-refractivity contribution < 1.29 is 15.3 Å². The first-order chi connectivity index (χ1) is 15.0. The Bertz CT molecular complexity index is 1060. The minimum atomic E-state index is -0.996. The monoisotopic (exact) mass is 446 g/mol. The third-order valence-electron chi connectivity index (χ3n) is 6.19. The summed E-state index contributed by atoms with van der Waals surface area (Å²) in [5.74, 6) is 1.01. The van der Waals surface area contributed by atoms with Gasteiger partial charge in [-0.15, -0.1) is 10.2 Å². The van der Waals surface area contributed by atoms with Gasteiger partial charge in [-0.1, -0.05) is 11.6 Å². The summed E-state index contributed by atoms with van der Waals surface area (Å²) in [5, 5.41) is 41.9. The Hall–Kier alpha value is -2.60. The van der Waals surface area contributed by atoms with Crippen molar-refractivity contribution in [3.8, 4) is 0 Å². The maximum Gasteiger partial charge on any atom is 0.165 e. The van der Waals surface area contributed by atoms with Crippen LogP contribution in [0.15, 0.2) is 24.8 Å². The van der Waals surface area contributed by atoms with Gasteiger partial charge in [0.15, 0.2) is 22.4 Å². The molecule has 1 aliphatic heterocycles. The lowest BCUT2D eigenvalue weighted by atomic mass is 10.1. The summed E-state index contributed by atoms with van der Waals surface area (Å²) in [7, 11) is 0. The molecule has 11 nitrogen and oxygen atoms in total. The van der Waals surface area contributed by atoms with Crippen LogP contribution in [0.2, 0.25) is 5.15 Å². The van der Waals surface area contributed by atoms with Gasteiger partial charge in [-0.05, 0) is 25.0 Å². The van der Waals surface area contributed by atoms with E-state index < -0.39 is 18.2 Å². The van der Waals surface area contributed by atoms with Gasteiger partial charge in [0.25, 0.3) is 0 Å². The van der Waals surface area contributed by atoms with Crippen LogP contribution < -0.4 is 10.2 Å². The zero-order valence-electron chi connectivity index (χ0n) is 16.6. The summed E-state index contributed by atoms with van der Waals surface area (Å²) in [5.41, 5.74) is 1.17. The molecule has 1 saturated carbocycles. The average molecular weight is 447 g/mol. The third kappa shape index (κ3) is 3.67. The van der Waals surface area contributed by atoms with Crippen molar-refractivity contribution >= 4 is 34.4 Å². The highest BCUT2D eigenvalue weighted by Crippen LogP contribution is 2.37. The zero-order chi connectivity index (χ0) is 21.5. The lowest BCUT2D eigenvalue weighted by Gasteiger charge is -2.19. The first-order valence-electron chi connectivity index (χ1n) is 10.2. The van der Waals surface area contributed by atoms with E-state index in [4.69, 9.17) is 11.6 Å². The molecule has 2 fully saturated rings. The largest absolute Gasteiger partial charge is 0.396 e. The number of aromatic nitrogens is 6. The van der Waals surface area contributed by atoms with Gasteiger partial charge >= 0.3 is 0 Å². The van der Waals surface area contributed by atoms with Crippen LogP contribution in [-0.4, -0.2) is 83.0 Å². The lowest BCUT2D eigenvalue weighted by molar-refractivity contribution is -0.00370. The number of nitrogens with zero attached hydrogens (tertiary/aromatic N) is 7. The molecule has 0 amide bonds. The van der Waals surface area contributed by atoms with Crippen molar-refractivity contribution in [2.24, 2.45) is 5.92 Å². The SMILES string of the molecule is OC[C@H]1C[C@@H](n2cnc3c(N[C@H]4CCN(c5ccc(Cl)nn5)C4)ncnc32)[C@@H](O)[C@H]1O. The first-order valence-corrected chi connectivity index (χ1v) is 10.6. The first kappa shape index (κ1) is 20.3. The molecule has 1 aliphatic carbocycles. The smallest absolute Gasteiger partial charge is 0.165 e. The molecule has 3 aromatic rings. The second kappa shape index (κ2) is 8.15. The van der Waals surface area contributed by atoms with E-state index in [1.165, 1.54) is 6.33 Å². The van der Waals surface area contributed by atoms with Crippen molar-refractivity contribution in [3.63, 3.8) is 0 Å². The second-order valence-corrected chi connectivity index (χ2v) is 8.45. The highest BCUT2D eigenvalue weighted by Gasteiger charge is 2.42. The van der Waals surface area contributed by atoms with Gasteiger partial charge in [-0.3, -0.25) is 0 Å². The molecule has 0 aromatic carbocycles. The van der Waals surface area contributed by atoms with Gasteiger partial charge in [-0.25, -0.2) is 15.0 Å². The number of hydrogen-bond donors (Lipinski definition) is 4. The number of fused-ring (bicyclic) bond motifs is 1. The quantitative estimate of drug-likeness (QED) is 0.429. The summed E-state index contributed by atoms with van der Waals surface area (Å²) >= 11 is 5.82. The molecule has 1 saturated heterocycles. The second-order valence-electron chi connectivity index (χ2n) is 8.06. The Kier molecular flexibility index (Phi) is 5.34. The molecular weight excluding hydrogens is 424 g/mol. The van der Waals surface area contributed by atoms with Gasteiger partial charge in [0.05, 0.1) is 18.5 Å². The highest BCUT2D eigenvalue weighted by atomic mass is 35.5. The van der Waals surface area contributed by atoms with Crippen molar-refractivity contribution in [2.45, 2.75) is 37.1 Å². The summed E-state index contributed by atoms with van der Waals surface area (Å²) < 4.78 is 1.76. The maximum absolute atomic E-state index is 10.5. The summed E-state index contributed by atoms with van der Waals surface area (Å²) in [4.78, 5) is 15.3. The Morgan fingerprint density at radius 3 is 2.74 bits per heavy atom. The molecule has 2 aliphatic rings. The number of rotatable bonds is 5. The van der Waals surface area contributed by atoms with Gasteiger partial charge in [-0.2, -0.15) is 0 Å². The number of halogens is 1. The van der Waals surface area contributed by atoms with Crippen molar-refractivity contribution in [3.05, 3.63) is 29.9 Å². The minimum absolute atomic E-state index is 0.137. The Labute approximate surface area is 182 Å². The van der Waals surface area contributed by atoms with E-state index in [2.05, 4.69) is 35.4 Å². The van der Waals surface area contributed by atoms with Gasteiger partial charge in [0.2, 0.25) is 0 Å². The van der Waals surface area contributed by atoms with Crippen LogP contribution >= 0.6 is 11.6 Å². The van der Waals surface area contributed by atoms with Gasteiger partial charge in [0.1, 0.15) is 17.9 Å². The third-order valence-corrected chi connectivity index (χ3v) is 6.39. The van der Waals surface area contributed by atoms with E-state index in [1.54, 1.807) is 17.0 Å². The zero-order valence-corrected chi connectivity index (χ0v) is 17.3. The number of aliphatic hydroxyl groups excluding tert-OH is 3. The summed E-state index contributed by atoms with van der Waals surface area (Å²) in [6.45, 7) is 1.37. The van der Waals surface area contributed by atoms with Crippen LogP contribution in [0.25, 0.3) is 11.2 Å². The molecule has 12 heteroatoms. The highest BCUT2D eigenvalue weighted by molar-refractivity contribution is 6.29. The van der Waals surface area contributed by atoms with E-state index in [1.807, 2.05) is 6.07 Å². The van der Waals surface area contributed by atoms with Gasteiger partial charge < -0.3 is 30.1 Å². The molecule has 3 aromatic heterocycles.